The number of nitrogens with zero attached hydrogens (tertiary/aromatic N) is 2. The highest BCUT2D eigenvalue weighted by atomic mass is 79.9. The molecule has 1 N–H and O–H groups in total. The number of rotatable bonds is 13. The molecule has 2 rings (SSSR count). The first-order valence-electron chi connectivity index (χ1n) is 11.9. The van der Waals surface area contributed by atoms with Gasteiger partial charge in [0.05, 0.1) is 19.1 Å². The van der Waals surface area contributed by atoms with E-state index in [1.165, 1.54) is 11.4 Å². The van der Waals surface area contributed by atoms with Crippen LogP contribution in [0.5, 0.6) is 5.75 Å². The van der Waals surface area contributed by atoms with Crippen LogP contribution in [0.25, 0.3) is 0 Å². The fourth-order valence-corrected chi connectivity index (χ4v) is 5.05. The van der Waals surface area contributed by atoms with Crippen molar-refractivity contribution in [3.8, 4) is 5.75 Å². The molecule has 0 saturated carbocycles. The summed E-state index contributed by atoms with van der Waals surface area (Å²) in [5.74, 6) is 0.0984. The lowest BCUT2D eigenvalue weighted by Crippen LogP contribution is -2.49. The zero-order chi connectivity index (χ0) is 26.9. The maximum Gasteiger partial charge on any atom is 0.242 e. The number of benzene rings is 2. The molecule has 2 atom stereocenters. The molecule has 2 amide bonds. The van der Waals surface area contributed by atoms with Crippen LogP contribution in [0.4, 0.5) is 5.69 Å². The molecule has 0 aromatic heterocycles. The van der Waals surface area contributed by atoms with E-state index in [0.29, 0.717) is 11.4 Å². The maximum atomic E-state index is 13.3. The molecule has 2 aromatic carbocycles. The number of methoxy groups -OCH3 is 1. The molecule has 2 aromatic rings. The summed E-state index contributed by atoms with van der Waals surface area (Å²) < 4.78 is 32.3. The van der Waals surface area contributed by atoms with E-state index < -0.39 is 16.1 Å². The zero-order valence-electron chi connectivity index (χ0n) is 21.5. The second kappa shape index (κ2) is 13.6. The number of carbonyl (C=O) groups excluding carboxylic acids is 2. The van der Waals surface area contributed by atoms with Gasteiger partial charge in [-0.1, -0.05) is 41.1 Å². The van der Waals surface area contributed by atoms with Gasteiger partial charge < -0.3 is 15.0 Å². The van der Waals surface area contributed by atoms with Gasteiger partial charge >= 0.3 is 0 Å². The molecule has 0 fully saturated rings. The summed E-state index contributed by atoms with van der Waals surface area (Å²) >= 11 is 3.45. The molecule has 0 aliphatic carbocycles. The van der Waals surface area contributed by atoms with Gasteiger partial charge in [-0.05, 0) is 56.5 Å². The second-order valence-electron chi connectivity index (χ2n) is 8.79. The van der Waals surface area contributed by atoms with Crippen molar-refractivity contribution < 1.29 is 22.7 Å². The van der Waals surface area contributed by atoms with Crippen LogP contribution < -0.4 is 14.4 Å². The topological polar surface area (TPSA) is 96.0 Å². The van der Waals surface area contributed by atoms with E-state index in [4.69, 9.17) is 4.74 Å². The van der Waals surface area contributed by atoms with Crippen molar-refractivity contribution in [3.63, 3.8) is 0 Å². The second-order valence-corrected chi connectivity index (χ2v) is 11.6. The maximum absolute atomic E-state index is 13.3. The van der Waals surface area contributed by atoms with Gasteiger partial charge in [-0.25, -0.2) is 8.42 Å². The Kier molecular flexibility index (Phi) is 11.2. The molecule has 0 aliphatic heterocycles. The Labute approximate surface area is 223 Å². The van der Waals surface area contributed by atoms with Crippen LogP contribution in [0.15, 0.2) is 53.0 Å². The molecule has 0 heterocycles. The van der Waals surface area contributed by atoms with Crippen LogP contribution in [-0.2, 0) is 26.2 Å². The smallest absolute Gasteiger partial charge is 0.242 e. The number of hydrogen-bond acceptors (Lipinski definition) is 5. The van der Waals surface area contributed by atoms with E-state index in [1.807, 2.05) is 38.1 Å². The molecule has 0 spiro atoms. The largest absolute Gasteiger partial charge is 0.497 e. The highest BCUT2D eigenvalue weighted by Gasteiger charge is 2.27. The van der Waals surface area contributed by atoms with Gasteiger partial charge in [0.25, 0.3) is 0 Å². The zero-order valence-corrected chi connectivity index (χ0v) is 23.9. The number of anilines is 1. The molecule has 0 bridgehead atoms. The average Bonchev–Trinajstić information content (AvgIpc) is 2.83. The first-order chi connectivity index (χ1) is 17.0. The third kappa shape index (κ3) is 8.81. The number of ether oxygens (including phenoxy) is 1. The van der Waals surface area contributed by atoms with E-state index in [2.05, 4.69) is 21.2 Å². The van der Waals surface area contributed by atoms with Gasteiger partial charge in [0.15, 0.2) is 0 Å². The Bertz CT molecular complexity index is 1140. The fourth-order valence-electron chi connectivity index (χ4n) is 3.65. The molecule has 0 radical (unpaired) electrons. The van der Waals surface area contributed by atoms with E-state index in [9.17, 15) is 18.0 Å². The third-order valence-electron chi connectivity index (χ3n) is 5.90. The van der Waals surface area contributed by atoms with Crippen molar-refractivity contribution in [2.45, 2.75) is 58.7 Å². The number of sulfonamides is 1. The Morgan fingerprint density at radius 1 is 1.11 bits per heavy atom. The lowest BCUT2D eigenvalue weighted by atomic mass is 10.1. The van der Waals surface area contributed by atoms with Gasteiger partial charge in [0.2, 0.25) is 21.8 Å². The Morgan fingerprint density at radius 2 is 1.81 bits per heavy atom. The summed E-state index contributed by atoms with van der Waals surface area (Å²) in [7, 11) is -2.06. The van der Waals surface area contributed by atoms with Crippen LogP contribution in [-0.4, -0.2) is 57.1 Å². The average molecular weight is 583 g/mol. The van der Waals surface area contributed by atoms with Gasteiger partial charge in [-0.2, -0.15) is 0 Å². The van der Waals surface area contributed by atoms with Crippen molar-refractivity contribution in [2.24, 2.45) is 0 Å². The van der Waals surface area contributed by atoms with Gasteiger partial charge in [-0.3, -0.25) is 13.9 Å². The number of amides is 2. The molecule has 10 heteroatoms. The van der Waals surface area contributed by atoms with Crippen molar-refractivity contribution in [2.75, 3.05) is 24.2 Å². The van der Waals surface area contributed by atoms with Crippen LogP contribution in [0.3, 0.4) is 0 Å². The van der Waals surface area contributed by atoms with E-state index in [0.717, 1.165) is 22.7 Å². The number of hydrogen-bond donors (Lipinski definition) is 1. The van der Waals surface area contributed by atoms with Gasteiger partial charge in [0.1, 0.15) is 11.8 Å². The standard InChI is InChI=1S/C26H36BrN3O5S/c1-6-19(2)28-26(32)20(3)29(18-21-10-7-11-22(27)16-21)25(31)14-9-15-30(36(5,33)34)23-12-8-13-24(17-23)35-4/h7-8,10-13,16-17,19-20H,6,9,14-15,18H2,1-5H3,(H,28,32)/t19-,20+/m1/s1. The fraction of sp³-hybridized carbons (Fsp3) is 0.462. The number of nitrogens with one attached hydrogen (secondary N) is 1. The lowest BCUT2D eigenvalue weighted by molar-refractivity contribution is -0.140. The molecular weight excluding hydrogens is 546 g/mol. The minimum absolute atomic E-state index is 0.00560. The predicted molar refractivity (Wildman–Crippen MR) is 146 cm³/mol. The molecular formula is C26H36BrN3O5S. The van der Waals surface area contributed by atoms with Crippen molar-refractivity contribution in [1.82, 2.24) is 10.2 Å². The summed E-state index contributed by atoms with van der Waals surface area (Å²) in [5.41, 5.74) is 1.35. The molecule has 198 valence electrons. The quantitative estimate of drug-likeness (QED) is 0.379. The summed E-state index contributed by atoms with van der Waals surface area (Å²) in [5, 5.41) is 2.95. The van der Waals surface area contributed by atoms with E-state index >= 15 is 0 Å². The van der Waals surface area contributed by atoms with Crippen LogP contribution in [0, 0.1) is 0 Å². The minimum atomic E-state index is -3.58. The monoisotopic (exact) mass is 581 g/mol. The third-order valence-corrected chi connectivity index (χ3v) is 7.59. The van der Waals surface area contributed by atoms with Crippen molar-refractivity contribution in [3.05, 3.63) is 58.6 Å². The lowest BCUT2D eigenvalue weighted by Gasteiger charge is -2.30. The number of halogens is 1. The van der Waals surface area contributed by atoms with Crippen LogP contribution >= 0.6 is 15.9 Å². The van der Waals surface area contributed by atoms with Crippen LogP contribution in [0.1, 0.15) is 45.6 Å². The highest BCUT2D eigenvalue weighted by molar-refractivity contribution is 9.10. The SMILES string of the molecule is CC[C@@H](C)NC(=O)[C@H](C)N(Cc1cccc(Br)c1)C(=O)CCCN(c1cccc(OC)c1)S(C)(=O)=O. The van der Waals surface area contributed by atoms with Crippen molar-refractivity contribution in [1.29, 1.82) is 0 Å². The summed E-state index contributed by atoms with van der Waals surface area (Å²) in [6, 6.07) is 13.7. The van der Waals surface area contributed by atoms with Crippen molar-refractivity contribution >= 4 is 43.5 Å². The summed E-state index contributed by atoms with van der Waals surface area (Å²) in [4.78, 5) is 27.8. The first kappa shape index (κ1) is 29.6. The highest BCUT2D eigenvalue weighted by Crippen LogP contribution is 2.24. The molecule has 8 nitrogen and oxygen atoms in total. The summed E-state index contributed by atoms with van der Waals surface area (Å²) in [6.45, 7) is 6.00. The Hall–Kier alpha value is -2.59. The Morgan fingerprint density at radius 3 is 2.42 bits per heavy atom. The Balaban J connectivity index is 2.18. The molecule has 0 saturated heterocycles. The normalized spacial score (nSPS) is 12.9. The van der Waals surface area contributed by atoms with E-state index in [1.54, 1.807) is 36.1 Å². The molecule has 0 unspecified atom stereocenters. The van der Waals surface area contributed by atoms with Crippen LogP contribution in [0.2, 0.25) is 0 Å². The summed E-state index contributed by atoms with van der Waals surface area (Å²) in [6.07, 6.45) is 2.29. The predicted octanol–water partition coefficient (Wildman–Crippen LogP) is 4.34. The minimum Gasteiger partial charge on any atom is -0.497 e. The molecule has 0 aliphatic rings. The van der Waals surface area contributed by atoms with Gasteiger partial charge in [0, 0.05) is 36.1 Å². The molecule has 36 heavy (non-hydrogen) atoms. The number of carbonyl (C=O) groups is 2. The van der Waals surface area contributed by atoms with Gasteiger partial charge in [-0.15, -0.1) is 0 Å². The van der Waals surface area contributed by atoms with E-state index in [-0.39, 0.29) is 43.8 Å². The first-order valence-corrected chi connectivity index (χ1v) is 14.6.